The minimum Gasteiger partial charge on any atom is -0.306 e. The van der Waals surface area contributed by atoms with Gasteiger partial charge in [0.15, 0.2) is 0 Å². The van der Waals surface area contributed by atoms with E-state index in [1.165, 1.54) is 16.7 Å². The second-order valence-corrected chi connectivity index (χ2v) is 9.05. The van der Waals surface area contributed by atoms with Crippen LogP contribution in [0.5, 0.6) is 0 Å². The van der Waals surface area contributed by atoms with Gasteiger partial charge in [-0.05, 0) is 55.5 Å². The van der Waals surface area contributed by atoms with Crippen LogP contribution in [-0.4, -0.2) is 11.4 Å². The van der Waals surface area contributed by atoms with E-state index in [1.807, 2.05) is 35.2 Å². The SMILES string of the molecule is Cc1cccc2c1[C@@](C)(c1ccccc1)CC(C)(C)N2C(=O)Cc1ccccc1. The number of hydrogen-bond acceptors (Lipinski definition) is 1. The van der Waals surface area contributed by atoms with Gasteiger partial charge in [-0.3, -0.25) is 4.79 Å². The maximum absolute atomic E-state index is 13.5. The van der Waals surface area contributed by atoms with E-state index in [0.717, 1.165) is 17.7 Å². The van der Waals surface area contributed by atoms with Gasteiger partial charge >= 0.3 is 0 Å². The molecule has 29 heavy (non-hydrogen) atoms. The van der Waals surface area contributed by atoms with Crippen LogP contribution in [0.1, 0.15) is 49.4 Å². The lowest BCUT2D eigenvalue weighted by molar-refractivity contribution is -0.119. The van der Waals surface area contributed by atoms with Gasteiger partial charge in [-0.25, -0.2) is 0 Å². The first kappa shape index (κ1) is 19.4. The highest BCUT2D eigenvalue weighted by Gasteiger charge is 2.48. The van der Waals surface area contributed by atoms with Crippen LogP contribution in [0, 0.1) is 6.92 Å². The minimum atomic E-state index is -0.294. The van der Waals surface area contributed by atoms with E-state index in [0.29, 0.717) is 6.42 Å². The van der Waals surface area contributed by atoms with Crippen LogP contribution in [0.25, 0.3) is 0 Å². The van der Waals surface area contributed by atoms with E-state index in [4.69, 9.17) is 0 Å². The molecule has 0 saturated carbocycles. The van der Waals surface area contributed by atoms with Gasteiger partial charge in [0.1, 0.15) is 0 Å². The lowest BCUT2D eigenvalue weighted by atomic mass is 9.64. The van der Waals surface area contributed by atoms with Crippen LogP contribution in [0.3, 0.4) is 0 Å². The largest absolute Gasteiger partial charge is 0.306 e. The molecule has 2 nitrogen and oxygen atoms in total. The first-order chi connectivity index (χ1) is 13.8. The van der Waals surface area contributed by atoms with Crippen LogP contribution >= 0.6 is 0 Å². The third-order valence-corrected chi connectivity index (χ3v) is 6.29. The highest BCUT2D eigenvalue weighted by Crippen LogP contribution is 2.51. The maximum atomic E-state index is 13.5. The van der Waals surface area contributed by atoms with Crippen molar-refractivity contribution in [1.29, 1.82) is 0 Å². The summed E-state index contributed by atoms with van der Waals surface area (Å²) < 4.78 is 0. The van der Waals surface area contributed by atoms with Crippen molar-refractivity contribution in [2.45, 2.75) is 51.5 Å². The summed E-state index contributed by atoms with van der Waals surface area (Å²) in [5.41, 5.74) is 5.48. The Morgan fingerprint density at radius 1 is 0.862 bits per heavy atom. The van der Waals surface area contributed by atoms with Gasteiger partial charge in [-0.15, -0.1) is 0 Å². The molecule has 0 aliphatic carbocycles. The molecule has 0 fully saturated rings. The molecule has 1 heterocycles. The van der Waals surface area contributed by atoms with Crippen LogP contribution in [0.2, 0.25) is 0 Å². The number of aryl methyl sites for hydroxylation is 1. The standard InChI is InChI=1S/C27H29NO/c1-20-12-11-17-23-25(20)27(4,22-15-9-6-10-16-22)19-26(2,3)28(23)24(29)18-21-13-7-5-8-14-21/h5-17H,18-19H2,1-4H3/t27-/m1/s1. The van der Waals surface area contributed by atoms with E-state index < -0.39 is 0 Å². The van der Waals surface area contributed by atoms with Gasteiger partial charge in [0.05, 0.1) is 6.42 Å². The molecule has 1 atom stereocenters. The lowest BCUT2D eigenvalue weighted by Crippen LogP contribution is -2.56. The van der Waals surface area contributed by atoms with Crippen molar-refractivity contribution in [3.63, 3.8) is 0 Å². The molecule has 3 aromatic carbocycles. The Hall–Kier alpha value is -2.87. The predicted octanol–water partition coefficient (Wildman–Crippen LogP) is 6.06. The van der Waals surface area contributed by atoms with Gasteiger partial charge in [-0.1, -0.05) is 79.7 Å². The molecule has 0 bridgehead atoms. The molecule has 1 aliphatic rings. The van der Waals surface area contributed by atoms with Gasteiger partial charge in [0.2, 0.25) is 5.91 Å². The average molecular weight is 384 g/mol. The third kappa shape index (κ3) is 3.37. The van der Waals surface area contributed by atoms with Crippen molar-refractivity contribution in [3.8, 4) is 0 Å². The summed E-state index contributed by atoms with van der Waals surface area (Å²) in [6.07, 6.45) is 1.29. The molecular formula is C27H29NO. The first-order valence-electron chi connectivity index (χ1n) is 10.4. The fourth-order valence-electron chi connectivity index (χ4n) is 5.29. The molecule has 0 N–H and O–H groups in total. The number of nitrogens with zero attached hydrogens (tertiary/aromatic N) is 1. The Morgan fingerprint density at radius 3 is 2.14 bits per heavy atom. The predicted molar refractivity (Wildman–Crippen MR) is 120 cm³/mol. The van der Waals surface area contributed by atoms with Gasteiger partial charge in [0, 0.05) is 16.6 Å². The first-order valence-corrected chi connectivity index (χ1v) is 10.4. The molecule has 0 spiro atoms. The fourth-order valence-corrected chi connectivity index (χ4v) is 5.29. The zero-order valence-corrected chi connectivity index (χ0v) is 17.8. The number of amides is 1. The Bertz CT molecular complexity index is 1020. The zero-order valence-electron chi connectivity index (χ0n) is 17.8. The molecule has 3 aromatic rings. The number of rotatable bonds is 3. The molecular weight excluding hydrogens is 354 g/mol. The Morgan fingerprint density at radius 2 is 1.48 bits per heavy atom. The van der Waals surface area contributed by atoms with Crippen molar-refractivity contribution in [2.75, 3.05) is 4.90 Å². The number of benzene rings is 3. The van der Waals surface area contributed by atoms with Crippen molar-refractivity contribution in [1.82, 2.24) is 0 Å². The maximum Gasteiger partial charge on any atom is 0.231 e. The van der Waals surface area contributed by atoms with Gasteiger partial charge in [-0.2, -0.15) is 0 Å². The molecule has 0 aromatic heterocycles. The average Bonchev–Trinajstić information content (AvgIpc) is 2.68. The highest BCUT2D eigenvalue weighted by atomic mass is 16.2. The van der Waals surface area contributed by atoms with Crippen LogP contribution in [0.4, 0.5) is 5.69 Å². The number of carbonyl (C=O) groups is 1. The van der Waals surface area contributed by atoms with Crippen molar-refractivity contribution < 1.29 is 4.79 Å². The summed E-state index contributed by atoms with van der Waals surface area (Å²) in [4.78, 5) is 15.6. The Labute approximate surface area is 174 Å². The Kier molecular flexibility index (Phi) is 4.82. The second-order valence-electron chi connectivity index (χ2n) is 9.05. The number of fused-ring (bicyclic) bond motifs is 1. The molecule has 2 heteroatoms. The van der Waals surface area contributed by atoms with E-state index in [2.05, 4.69) is 76.2 Å². The summed E-state index contributed by atoms with van der Waals surface area (Å²) in [6.45, 7) is 8.89. The van der Waals surface area contributed by atoms with Gasteiger partial charge in [0.25, 0.3) is 0 Å². The van der Waals surface area contributed by atoms with E-state index >= 15 is 0 Å². The summed E-state index contributed by atoms with van der Waals surface area (Å²) in [5.74, 6) is 0.156. The normalized spacial score (nSPS) is 20.2. The molecule has 148 valence electrons. The van der Waals surface area contributed by atoms with E-state index in [-0.39, 0.29) is 16.9 Å². The minimum absolute atomic E-state index is 0.144. The monoisotopic (exact) mass is 383 g/mol. The smallest absolute Gasteiger partial charge is 0.231 e. The topological polar surface area (TPSA) is 20.3 Å². The van der Waals surface area contributed by atoms with Gasteiger partial charge < -0.3 is 4.90 Å². The summed E-state index contributed by atoms with van der Waals surface area (Å²) in [6, 6.07) is 27.1. The molecule has 0 unspecified atom stereocenters. The zero-order chi connectivity index (χ0) is 20.6. The number of carbonyl (C=O) groups excluding carboxylic acids is 1. The van der Waals surface area contributed by atoms with E-state index in [9.17, 15) is 4.79 Å². The third-order valence-electron chi connectivity index (χ3n) is 6.29. The van der Waals surface area contributed by atoms with Crippen LogP contribution in [0.15, 0.2) is 78.9 Å². The quantitative estimate of drug-likeness (QED) is 0.538. The van der Waals surface area contributed by atoms with Crippen molar-refractivity contribution in [3.05, 3.63) is 101 Å². The molecule has 0 radical (unpaired) electrons. The number of hydrogen-bond donors (Lipinski definition) is 0. The second kappa shape index (κ2) is 7.18. The summed E-state index contributed by atoms with van der Waals surface area (Å²) in [7, 11) is 0. The van der Waals surface area contributed by atoms with Crippen molar-refractivity contribution >= 4 is 11.6 Å². The summed E-state index contributed by atoms with van der Waals surface area (Å²) >= 11 is 0. The molecule has 4 rings (SSSR count). The lowest BCUT2D eigenvalue weighted by Gasteiger charge is -2.52. The van der Waals surface area contributed by atoms with Crippen molar-refractivity contribution in [2.24, 2.45) is 0 Å². The van der Waals surface area contributed by atoms with Crippen LogP contribution < -0.4 is 4.90 Å². The number of anilines is 1. The Balaban J connectivity index is 1.85. The highest BCUT2D eigenvalue weighted by molar-refractivity contribution is 5.98. The molecule has 1 amide bonds. The van der Waals surface area contributed by atoms with Crippen LogP contribution in [-0.2, 0) is 16.6 Å². The molecule has 1 aliphatic heterocycles. The van der Waals surface area contributed by atoms with E-state index in [1.54, 1.807) is 0 Å². The molecule has 0 saturated heterocycles. The fraction of sp³-hybridized carbons (Fsp3) is 0.296. The summed E-state index contributed by atoms with van der Waals surface area (Å²) in [5, 5.41) is 0.